The van der Waals surface area contributed by atoms with Gasteiger partial charge in [-0.3, -0.25) is 4.79 Å². The van der Waals surface area contributed by atoms with Gasteiger partial charge in [0.15, 0.2) is 0 Å². The zero-order chi connectivity index (χ0) is 14.5. The number of nitrogens with one attached hydrogen (secondary N) is 1. The number of hydrazone groups is 1. The second-order valence-corrected chi connectivity index (χ2v) is 4.59. The Kier molecular flexibility index (Phi) is 4.48. The third kappa shape index (κ3) is 3.42. The lowest BCUT2D eigenvalue weighted by Gasteiger charge is -2.03. The molecule has 0 atom stereocenters. The largest absolute Gasteiger partial charge is 0.271 e. The highest BCUT2D eigenvalue weighted by Crippen LogP contribution is 2.15. The van der Waals surface area contributed by atoms with Crippen LogP contribution in [-0.4, -0.2) is 12.1 Å². The molecule has 0 aliphatic carbocycles. The summed E-state index contributed by atoms with van der Waals surface area (Å²) < 4.78 is 12.9. The van der Waals surface area contributed by atoms with Crippen LogP contribution in [0.3, 0.4) is 0 Å². The van der Waals surface area contributed by atoms with Crippen molar-refractivity contribution in [1.29, 1.82) is 0 Å². The number of rotatable bonds is 3. The SMILES string of the molecule is Cc1ccccc1C(=O)N/N=C/c1ccc(F)cc1Cl. The van der Waals surface area contributed by atoms with Crippen LogP contribution in [0.25, 0.3) is 0 Å². The van der Waals surface area contributed by atoms with Crippen molar-refractivity contribution in [3.8, 4) is 0 Å². The topological polar surface area (TPSA) is 41.5 Å². The van der Waals surface area contributed by atoms with E-state index in [0.29, 0.717) is 11.1 Å². The second-order valence-electron chi connectivity index (χ2n) is 4.18. The van der Waals surface area contributed by atoms with E-state index in [9.17, 15) is 9.18 Å². The molecule has 0 aliphatic rings. The molecule has 2 aromatic carbocycles. The van der Waals surface area contributed by atoms with Crippen LogP contribution in [0.5, 0.6) is 0 Å². The summed E-state index contributed by atoms with van der Waals surface area (Å²) >= 11 is 5.84. The Labute approximate surface area is 121 Å². The summed E-state index contributed by atoms with van der Waals surface area (Å²) in [5.74, 6) is -0.728. The fourth-order valence-electron chi connectivity index (χ4n) is 1.65. The van der Waals surface area contributed by atoms with Crippen LogP contribution in [0.4, 0.5) is 4.39 Å². The van der Waals surface area contributed by atoms with Crippen molar-refractivity contribution in [1.82, 2.24) is 5.43 Å². The van der Waals surface area contributed by atoms with Crippen LogP contribution in [0.1, 0.15) is 21.5 Å². The average Bonchev–Trinajstić information content (AvgIpc) is 2.41. The van der Waals surface area contributed by atoms with E-state index in [-0.39, 0.29) is 10.9 Å². The lowest BCUT2D eigenvalue weighted by molar-refractivity contribution is 0.0954. The Bertz CT molecular complexity index is 671. The molecular formula is C15H12ClFN2O. The van der Waals surface area contributed by atoms with Gasteiger partial charge in [-0.15, -0.1) is 0 Å². The maximum absolute atomic E-state index is 12.9. The van der Waals surface area contributed by atoms with Crippen LogP contribution in [0, 0.1) is 12.7 Å². The first kappa shape index (κ1) is 14.2. The molecule has 1 N–H and O–H groups in total. The Balaban J connectivity index is 2.07. The van der Waals surface area contributed by atoms with Gasteiger partial charge in [0.25, 0.3) is 5.91 Å². The summed E-state index contributed by atoms with van der Waals surface area (Å²) in [4.78, 5) is 11.9. The number of benzene rings is 2. The summed E-state index contributed by atoms with van der Waals surface area (Å²) in [6.07, 6.45) is 1.37. The third-order valence-corrected chi connectivity index (χ3v) is 3.05. The number of carbonyl (C=O) groups excluding carboxylic acids is 1. The summed E-state index contributed by atoms with van der Waals surface area (Å²) in [6.45, 7) is 1.84. The number of nitrogens with zero attached hydrogens (tertiary/aromatic N) is 1. The molecule has 3 nitrogen and oxygen atoms in total. The van der Waals surface area contributed by atoms with Crippen LogP contribution in [-0.2, 0) is 0 Å². The minimum Gasteiger partial charge on any atom is -0.267 e. The van der Waals surface area contributed by atoms with E-state index in [0.717, 1.165) is 5.56 Å². The molecule has 0 fully saturated rings. The molecule has 2 rings (SSSR count). The van der Waals surface area contributed by atoms with Crippen molar-refractivity contribution in [2.75, 3.05) is 0 Å². The number of aryl methyl sites for hydroxylation is 1. The van der Waals surface area contributed by atoms with Gasteiger partial charge >= 0.3 is 0 Å². The first-order valence-corrected chi connectivity index (χ1v) is 6.30. The minimum absolute atomic E-state index is 0.235. The van der Waals surface area contributed by atoms with Crippen LogP contribution in [0.15, 0.2) is 47.6 Å². The van der Waals surface area contributed by atoms with Crippen LogP contribution < -0.4 is 5.43 Å². The fourth-order valence-corrected chi connectivity index (χ4v) is 1.87. The Hall–Kier alpha value is -2.20. The highest BCUT2D eigenvalue weighted by atomic mass is 35.5. The molecule has 2 aromatic rings. The van der Waals surface area contributed by atoms with Crippen LogP contribution >= 0.6 is 11.6 Å². The number of hydrogen-bond donors (Lipinski definition) is 1. The molecule has 1 amide bonds. The molecule has 0 saturated carbocycles. The summed E-state index contributed by atoms with van der Waals surface area (Å²) in [5.41, 5.74) is 4.35. The maximum atomic E-state index is 12.9. The molecule has 0 unspecified atom stereocenters. The molecule has 0 radical (unpaired) electrons. The van der Waals surface area contributed by atoms with E-state index in [1.54, 1.807) is 12.1 Å². The number of hydrogen-bond acceptors (Lipinski definition) is 2. The number of amides is 1. The molecule has 0 saturated heterocycles. The summed E-state index contributed by atoms with van der Waals surface area (Å²) in [5, 5.41) is 4.05. The minimum atomic E-state index is -0.420. The Morgan fingerprint density at radius 1 is 1.30 bits per heavy atom. The van der Waals surface area contributed by atoms with Crippen molar-refractivity contribution < 1.29 is 9.18 Å². The second kappa shape index (κ2) is 6.30. The molecule has 5 heteroatoms. The summed E-state index contributed by atoms with van der Waals surface area (Å²) in [6, 6.07) is 11.1. The number of carbonyl (C=O) groups is 1. The highest BCUT2D eigenvalue weighted by Gasteiger charge is 2.06. The van der Waals surface area contributed by atoms with Gasteiger partial charge in [0, 0.05) is 11.1 Å². The van der Waals surface area contributed by atoms with E-state index in [1.807, 2.05) is 19.1 Å². The van der Waals surface area contributed by atoms with Gasteiger partial charge in [-0.25, -0.2) is 9.82 Å². The molecule has 0 spiro atoms. The van der Waals surface area contributed by atoms with Crippen molar-refractivity contribution in [2.24, 2.45) is 5.10 Å². The van der Waals surface area contributed by atoms with Gasteiger partial charge in [-0.1, -0.05) is 29.8 Å². The van der Waals surface area contributed by atoms with Gasteiger partial charge < -0.3 is 0 Å². The van der Waals surface area contributed by atoms with E-state index >= 15 is 0 Å². The van der Waals surface area contributed by atoms with E-state index in [4.69, 9.17) is 11.6 Å². The number of halogens is 2. The maximum Gasteiger partial charge on any atom is 0.271 e. The first-order valence-electron chi connectivity index (χ1n) is 5.92. The molecule has 0 aromatic heterocycles. The lowest BCUT2D eigenvalue weighted by atomic mass is 10.1. The monoisotopic (exact) mass is 290 g/mol. The van der Waals surface area contributed by atoms with Crippen molar-refractivity contribution in [3.05, 3.63) is 70.0 Å². The highest BCUT2D eigenvalue weighted by molar-refractivity contribution is 6.33. The van der Waals surface area contributed by atoms with Gasteiger partial charge in [0.1, 0.15) is 5.82 Å². The lowest BCUT2D eigenvalue weighted by Crippen LogP contribution is -2.18. The Morgan fingerprint density at radius 3 is 2.75 bits per heavy atom. The van der Waals surface area contributed by atoms with Crippen molar-refractivity contribution >= 4 is 23.7 Å². The van der Waals surface area contributed by atoms with Gasteiger partial charge in [-0.2, -0.15) is 5.10 Å². The molecule has 0 heterocycles. The smallest absolute Gasteiger partial charge is 0.267 e. The zero-order valence-corrected chi connectivity index (χ0v) is 11.5. The quantitative estimate of drug-likeness (QED) is 0.681. The van der Waals surface area contributed by atoms with E-state index in [1.165, 1.54) is 24.4 Å². The molecule has 0 aliphatic heterocycles. The third-order valence-electron chi connectivity index (χ3n) is 2.72. The van der Waals surface area contributed by atoms with Gasteiger partial charge in [0.2, 0.25) is 0 Å². The first-order chi connectivity index (χ1) is 9.58. The fraction of sp³-hybridized carbons (Fsp3) is 0.0667. The molecule has 0 bridgehead atoms. The van der Waals surface area contributed by atoms with E-state index in [2.05, 4.69) is 10.5 Å². The molecule has 102 valence electrons. The molecule has 20 heavy (non-hydrogen) atoms. The van der Waals surface area contributed by atoms with E-state index < -0.39 is 5.82 Å². The normalized spacial score (nSPS) is 10.8. The molecular weight excluding hydrogens is 279 g/mol. The standard InChI is InChI=1S/C15H12ClFN2O/c1-10-4-2-3-5-13(10)15(20)19-18-9-11-6-7-12(17)8-14(11)16/h2-9H,1H3,(H,19,20)/b18-9+. The van der Waals surface area contributed by atoms with Crippen molar-refractivity contribution in [2.45, 2.75) is 6.92 Å². The summed E-state index contributed by atoms with van der Waals surface area (Å²) in [7, 11) is 0. The zero-order valence-electron chi connectivity index (χ0n) is 10.7. The van der Waals surface area contributed by atoms with Crippen molar-refractivity contribution in [3.63, 3.8) is 0 Å². The average molecular weight is 291 g/mol. The Morgan fingerprint density at radius 2 is 2.05 bits per heavy atom. The predicted molar refractivity (Wildman–Crippen MR) is 77.6 cm³/mol. The predicted octanol–water partition coefficient (Wildman–Crippen LogP) is 3.55. The van der Waals surface area contributed by atoms with Gasteiger partial charge in [-0.05, 0) is 36.8 Å². The van der Waals surface area contributed by atoms with Crippen LogP contribution in [0.2, 0.25) is 5.02 Å². The van der Waals surface area contributed by atoms with Gasteiger partial charge in [0.05, 0.1) is 11.2 Å².